The van der Waals surface area contributed by atoms with Gasteiger partial charge in [0.1, 0.15) is 9.77 Å². The van der Waals surface area contributed by atoms with Gasteiger partial charge in [-0.25, -0.2) is 17.9 Å². The Morgan fingerprint density at radius 1 is 1.18 bits per heavy atom. The van der Waals surface area contributed by atoms with Crippen LogP contribution >= 0.6 is 11.3 Å². The lowest BCUT2D eigenvalue weighted by Gasteiger charge is -2.09. The Morgan fingerprint density at radius 2 is 1.86 bits per heavy atom. The van der Waals surface area contributed by atoms with Crippen molar-refractivity contribution in [2.75, 3.05) is 11.8 Å². The largest absolute Gasteiger partial charge is 0.465 e. The summed E-state index contributed by atoms with van der Waals surface area (Å²) in [6.45, 7) is 0. The lowest BCUT2D eigenvalue weighted by molar-refractivity contribution is -0.141. The molecule has 0 unspecified atom stereocenters. The van der Waals surface area contributed by atoms with E-state index in [1.165, 1.54) is 35.7 Å². The van der Waals surface area contributed by atoms with Crippen molar-refractivity contribution in [2.24, 2.45) is 0 Å². The maximum absolute atomic E-state index is 12.6. The molecule has 0 amide bonds. The monoisotopic (exact) mass is 431 g/mol. The molecule has 0 radical (unpaired) electrons. The number of esters is 1. The van der Waals surface area contributed by atoms with Crippen LogP contribution in [0.4, 0.5) is 18.9 Å². The van der Waals surface area contributed by atoms with Crippen LogP contribution in [0.3, 0.4) is 0 Å². The summed E-state index contributed by atoms with van der Waals surface area (Å²) in [7, 11) is -2.92. The maximum atomic E-state index is 12.6. The molecule has 0 bridgehead atoms. The second kappa shape index (κ2) is 7.28. The quantitative estimate of drug-likeness (QED) is 0.624. The molecule has 3 rings (SSSR count). The smallest absolute Gasteiger partial charge is 0.435 e. The molecule has 3 aromatic rings. The summed E-state index contributed by atoms with van der Waals surface area (Å²) in [4.78, 5) is 11.4. The number of methoxy groups -OCH3 is 1. The number of alkyl halides is 3. The fourth-order valence-corrected chi connectivity index (χ4v) is 4.66. The summed E-state index contributed by atoms with van der Waals surface area (Å²) >= 11 is 0.926. The third kappa shape index (κ3) is 4.02. The zero-order chi connectivity index (χ0) is 20.5. The molecule has 1 N–H and O–H groups in total. The Balaban J connectivity index is 1.82. The molecule has 0 atom stereocenters. The van der Waals surface area contributed by atoms with Gasteiger partial charge in [0.2, 0.25) is 0 Å². The number of carbonyl (C=O) groups is 1. The molecule has 0 fully saturated rings. The number of rotatable bonds is 5. The summed E-state index contributed by atoms with van der Waals surface area (Å²) in [6.07, 6.45) is -3.41. The number of ether oxygens (including phenoxy) is 1. The highest BCUT2D eigenvalue weighted by Gasteiger charge is 2.33. The van der Waals surface area contributed by atoms with Gasteiger partial charge < -0.3 is 4.74 Å². The zero-order valence-corrected chi connectivity index (χ0v) is 15.7. The Morgan fingerprint density at radius 3 is 2.43 bits per heavy atom. The van der Waals surface area contributed by atoms with E-state index in [1.807, 2.05) is 0 Å². The molecule has 28 heavy (non-hydrogen) atoms. The molecule has 2 aromatic heterocycles. The van der Waals surface area contributed by atoms with Crippen molar-refractivity contribution in [1.82, 2.24) is 9.78 Å². The fraction of sp³-hybridized carbons (Fsp3) is 0.125. The minimum absolute atomic E-state index is 0.0668. The highest BCUT2D eigenvalue weighted by Crippen LogP contribution is 2.28. The van der Waals surface area contributed by atoms with E-state index in [2.05, 4.69) is 14.6 Å². The predicted octanol–water partition coefficient (Wildman–Crippen LogP) is 3.54. The number of nitrogens with one attached hydrogen (secondary N) is 1. The van der Waals surface area contributed by atoms with Crippen molar-refractivity contribution in [3.63, 3.8) is 0 Å². The summed E-state index contributed by atoms with van der Waals surface area (Å²) < 4.78 is 70.8. The van der Waals surface area contributed by atoms with Gasteiger partial charge in [-0.15, -0.1) is 11.3 Å². The first-order chi connectivity index (χ1) is 13.1. The van der Waals surface area contributed by atoms with Gasteiger partial charge in [-0.05, 0) is 41.8 Å². The van der Waals surface area contributed by atoms with E-state index in [0.717, 1.165) is 35.4 Å². The fourth-order valence-electron chi connectivity index (χ4n) is 2.26. The van der Waals surface area contributed by atoms with Gasteiger partial charge in [0.15, 0.2) is 5.69 Å². The molecular weight excluding hydrogens is 419 g/mol. The normalized spacial score (nSPS) is 12.0. The number of thiophene rings is 1. The number of hydrogen-bond acceptors (Lipinski definition) is 6. The first kappa shape index (κ1) is 19.9. The second-order valence-electron chi connectivity index (χ2n) is 5.40. The Bertz CT molecular complexity index is 1100. The Labute approximate surface area is 161 Å². The van der Waals surface area contributed by atoms with E-state index in [0.29, 0.717) is 5.69 Å². The third-order valence-electron chi connectivity index (χ3n) is 3.55. The molecule has 1 aromatic carbocycles. The average Bonchev–Trinajstić information content (AvgIpc) is 3.31. The minimum atomic E-state index is -4.56. The van der Waals surface area contributed by atoms with Gasteiger partial charge in [-0.3, -0.25) is 4.72 Å². The second-order valence-corrected chi connectivity index (χ2v) is 7.97. The van der Waals surface area contributed by atoms with Crippen LogP contribution in [0.2, 0.25) is 0 Å². The maximum Gasteiger partial charge on any atom is 0.435 e. The van der Waals surface area contributed by atoms with E-state index >= 15 is 0 Å². The zero-order valence-electron chi connectivity index (χ0n) is 14.1. The van der Waals surface area contributed by atoms with Gasteiger partial charge in [0.05, 0.1) is 12.8 Å². The number of aromatic nitrogens is 2. The van der Waals surface area contributed by atoms with E-state index in [9.17, 15) is 26.4 Å². The molecule has 0 aliphatic rings. The van der Waals surface area contributed by atoms with Crippen molar-refractivity contribution in [1.29, 1.82) is 0 Å². The topological polar surface area (TPSA) is 90.3 Å². The van der Waals surface area contributed by atoms with Crippen molar-refractivity contribution in [3.8, 4) is 5.69 Å². The van der Waals surface area contributed by atoms with E-state index in [-0.39, 0.29) is 15.5 Å². The number of anilines is 1. The number of nitrogens with zero attached hydrogens (tertiary/aromatic N) is 2. The molecule has 148 valence electrons. The molecule has 0 saturated carbocycles. The molecule has 0 aliphatic heterocycles. The molecule has 0 spiro atoms. The van der Waals surface area contributed by atoms with E-state index in [1.54, 1.807) is 0 Å². The molecule has 0 saturated heterocycles. The van der Waals surface area contributed by atoms with Gasteiger partial charge in [-0.1, -0.05) is 0 Å². The predicted molar refractivity (Wildman–Crippen MR) is 95.0 cm³/mol. The highest BCUT2D eigenvalue weighted by molar-refractivity contribution is 7.93. The first-order valence-corrected chi connectivity index (χ1v) is 9.90. The summed E-state index contributed by atoms with van der Waals surface area (Å²) in [5.74, 6) is -0.773. The van der Waals surface area contributed by atoms with Crippen LogP contribution in [0.15, 0.2) is 52.9 Å². The molecule has 12 heteroatoms. The van der Waals surface area contributed by atoms with Gasteiger partial charge in [0.25, 0.3) is 10.0 Å². The minimum Gasteiger partial charge on any atom is -0.465 e. The number of halogens is 3. The van der Waals surface area contributed by atoms with E-state index < -0.39 is 27.9 Å². The van der Waals surface area contributed by atoms with Gasteiger partial charge >= 0.3 is 12.1 Å². The molecule has 7 nitrogen and oxygen atoms in total. The molecule has 0 aliphatic carbocycles. The van der Waals surface area contributed by atoms with Crippen LogP contribution in [-0.4, -0.2) is 31.3 Å². The van der Waals surface area contributed by atoms with Crippen LogP contribution in [0.25, 0.3) is 5.69 Å². The van der Waals surface area contributed by atoms with Gasteiger partial charge in [-0.2, -0.15) is 18.3 Å². The molecule has 2 heterocycles. The van der Waals surface area contributed by atoms with Crippen LogP contribution in [0, 0.1) is 0 Å². The van der Waals surface area contributed by atoms with Crippen molar-refractivity contribution in [2.45, 2.75) is 11.1 Å². The number of sulfonamides is 1. The third-order valence-corrected chi connectivity index (χ3v) is 6.00. The van der Waals surface area contributed by atoms with Crippen LogP contribution in [0.5, 0.6) is 0 Å². The average molecular weight is 431 g/mol. The first-order valence-electron chi connectivity index (χ1n) is 7.54. The summed E-state index contributed by atoms with van der Waals surface area (Å²) in [5, 5.41) is 4.88. The lowest BCUT2D eigenvalue weighted by atomic mass is 10.3. The van der Waals surface area contributed by atoms with Gasteiger partial charge in [0, 0.05) is 11.9 Å². The number of benzene rings is 1. The van der Waals surface area contributed by atoms with Crippen molar-refractivity contribution < 1.29 is 31.1 Å². The molecular formula is C16H12F3N3O4S2. The highest BCUT2D eigenvalue weighted by atomic mass is 32.2. The standard InChI is InChI=1S/C16H12F3N3O4S2/c1-26-15(23)14-12(7-9-27-14)28(24,25)21-10-2-4-11(5-3-10)22-8-6-13(20-22)16(17,18)19/h2-9,21H,1H3. The lowest BCUT2D eigenvalue weighted by Crippen LogP contribution is -2.15. The number of carbonyl (C=O) groups excluding carboxylic acids is 1. The summed E-state index contributed by atoms with van der Waals surface area (Å²) in [5.41, 5.74) is -0.566. The van der Waals surface area contributed by atoms with Crippen LogP contribution in [-0.2, 0) is 20.9 Å². The summed E-state index contributed by atoms with van der Waals surface area (Å²) in [6, 6.07) is 7.65. The van der Waals surface area contributed by atoms with E-state index in [4.69, 9.17) is 0 Å². The van der Waals surface area contributed by atoms with Crippen LogP contribution < -0.4 is 4.72 Å². The Kier molecular flexibility index (Phi) is 5.17. The number of hydrogen-bond donors (Lipinski definition) is 1. The Hall–Kier alpha value is -2.86. The SMILES string of the molecule is COC(=O)c1sccc1S(=O)(=O)Nc1ccc(-n2ccc(C(F)(F)F)n2)cc1. The van der Waals surface area contributed by atoms with Crippen molar-refractivity contribution >= 4 is 33.0 Å². The van der Waals surface area contributed by atoms with Crippen LogP contribution in [0.1, 0.15) is 15.4 Å². The van der Waals surface area contributed by atoms with Crippen molar-refractivity contribution in [3.05, 3.63) is 58.5 Å².